The van der Waals surface area contributed by atoms with Gasteiger partial charge in [-0.1, -0.05) is 31.4 Å². The van der Waals surface area contributed by atoms with Crippen LogP contribution in [0.25, 0.3) is 0 Å². The van der Waals surface area contributed by atoms with Gasteiger partial charge < -0.3 is 14.6 Å². The minimum atomic E-state index is -0.451. The van der Waals surface area contributed by atoms with E-state index >= 15 is 0 Å². The van der Waals surface area contributed by atoms with Gasteiger partial charge in [0, 0.05) is 12.8 Å². The molecule has 2 aliphatic rings. The van der Waals surface area contributed by atoms with E-state index in [1.165, 1.54) is 32.1 Å². The van der Waals surface area contributed by atoms with Gasteiger partial charge in [0.15, 0.2) is 0 Å². The molecule has 2 unspecified atom stereocenters. The number of rotatable bonds is 3. The molecule has 1 aromatic rings. The van der Waals surface area contributed by atoms with Crippen molar-refractivity contribution in [3.05, 3.63) is 29.8 Å². The van der Waals surface area contributed by atoms with Gasteiger partial charge in [-0.3, -0.25) is 0 Å². The van der Waals surface area contributed by atoms with Crippen LogP contribution in [0.3, 0.4) is 0 Å². The number of hydrogen-bond donors (Lipinski definition) is 1. The van der Waals surface area contributed by atoms with E-state index in [9.17, 15) is 5.11 Å². The summed E-state index contributed by atoms with van der Waals surface area (Å²) in [5.74, 6) is 0.867. The summed E-state index contributed by atoms with van der Waals surface area (Å²) < 4.78 is 12.3. The molecule has 3 rings (SSSR count). The summed E-state index contributed by atoms with van der Waals surface area (Å²) in [6.07, 6.45) is 8.02. The molecule has 3 heteroatoms. The predicted molar refractivity (Wildman–Crippen MR) is 82.5 cm³/mol. The summed E-state index contributed by atoms with van der Waals surface area (Å²) in [5, 5.41) is 9.68. The maximum absolute atomic E-state index is 9.68. The highest BCUT2D eigenvalue weighted by molar-refractivity contribution is 5.29. The summed E-state index contributed by atoms with van der Waals surface area (Å²) in [4.78, 5) is 0. The van der Waals surface area contributed by atoms with Crippen LogP contribution in [-0.4, -0.2) is 23.4 Å². The number of benzene rings is 1. The molecule has 0 aromatic heterocycles. The molecule has 1 N–H and O–H groups in total. The SMILES string of the molecule is CC(O)c1cccc(OC2CCOC3(CCCCC3)C2)c1. The van der Waals surface area contributed by atoms with Crippen LogP contribution < -0.4 is 4.74 Å². The standard InChI is InChI=1S/C18H26O3/c1-14(19)15-6-5-7-16(12-15)21-17-8-11-20-18(13-17)9-3-2-4-10-18/h5-7,12,14,17,19H,2-4,8-11,13H2,1H3. The zero-order valence-electron chi connectivity index (χ0n) is 12.9. The predicted octanol–water partition coefficient (Wildman–Crippen LogP) is 4.00. The van der Waals surface area contributed by atoms with Crippen LogP contribution in [0.15, 0.2) is 24.3 Å². The van der Waals surface area contributed by atoms with Crippen molar-refractivity contribution in [2.75, 3.05) is 6.61 Å². The van der Waals surface area contributed by atoms with Crippen LogP contribution >= 0.6 is 0 Å². The van der Waals surface area contributed by atoms with Gasteiger partial charge in [0.25, 0.3) is 0 Å². The quantitative estimate of drug-likeness (QED) is 0.914. The van der Waals surface area contributed by atoms with Gasteiger partial charge in [-0.05, 0) is 37.5 Å². The highest BCUT2D eigenvalue weighted by Crippen LogP contribution is 2.39. The van der Waals surface area contributed by atoms with Crippen molar-refractivity contribution in [3.8, 4) is 5.75 Å². The lowest BCUT2D eigenvalue weighted by Crippen LogP contribution is -2.45. The van der Waals surface area contributed by atoms with Gasteiger partial charge in [-0.2, -0.15) is 0 Å². The molecular formula is C18H26O3. The Morgan fingerprint density at radius 1 is 1.29 bits per heavy atom. The number of ether oxygens (including phenoxy) is 2. The van der Waals surface area contributed by atoms with Crippen LogP contribution in [0.5, 0.6) is 5.75 Å². The molecule has 1 saturated heterocycles. The van der Waals surface area contributed by atoms with Crippen LogP contribution in [-0.2, 0) is 4.74 Å². The second-order valence-corrected chi connectivity index (χ2v) is 6.57. The summed E-state index contributed by atoms with van der Waals surface area (Å²) >= 11 is 0. The highest BCUT2D eigenvalue weighted by Gasteiger charge is 2.39. The van der Waals surface area contributed by atoms with Crippen molar-refractivity contribution >= 4 is 0 Å². The van der Waals surface area contributed by atoms with E-state index in [2.05, 4.69) is 0 Å². The average molecular weight is 290 g/mol. The second-order valence-electron chi connectivity index (χ2n) is 6.57. The molecule has 0 amide bonds. The Morgan fingerprint density at radius 3 is 2.86 bits per heavy atom. The van der Waals surface area contributed by atoms with E-state index in [-0.39, 0.29) is 11.7 Å². The first-order valence-electron chi connectivity index (χ1n) is 8.26. The molecular weight excluding hydrogens is 264 g/mol. The molecule has 116 valence electrons. The van der Waals surface area contributed by atoms with Crippen molar-refractivity contribution < 1.29 is 14.6 Å². The van der Waals surface area contributed by atoms with Crippen molar-refractivity contribution in [2.45, 2.75) is 69.7 Å². The average Bonchev–Trinajstić information content (AvgIpc) is 2.48. The van der Waals surface area contributed by atoms with E-state index in [4.69, 9.17) is 9.47 Å². The molecule has 1 aromatic carbocycles. The van der Waals surface area contributed by atoms with Crippen LogP contribution in [0.1, 0.15) is 63.5 Å². The minimum Gasteiger partial charge on any atom is -0.490 e. The Hall–Kier alpha value is -1.06. The minimum absolute atomic E-state index is 0.0725. The molecule has 2 fully saturated rings. The molecule has 2 atom stereocenters. The van der Waals surface area contributed by atoms with Gasteiger partial charge in [0.05, 0.1) is 18.3 Å². The lowest BCUT2D eigenvalue weighted by atomic mass is 9.79. The lowest BCUT2D eigenvalue weighted by molar-refractivity contribution is -0.129. The Balaban J connectivity index is 1.65. The first-order chi connectivity index (χ1) is 10.2. The molecule has 1 aliphatic carbocycles. The molecule has 1 aliphatic heterocycles. The molecule has 0 bridgehead atoms. The van der Waals surface area contributed by atoms with E-state index in [0.29, 0.717) is 0 Å². The third-order valence-electron chi connectivity index (χ3n) is 4.86. The highest BCUT2D eigenvalue weighted by atomic mass is 16.5. The Bertz CT molecular complexity index is 458. The number of aliphatic hydroxyl groups is 1. The monoisotopic (exact) mass is 290 g/mol. The van der Waals surface area contributed by atoms with Gasteiger partial charge >= 0.3 is 0 Å². The fourth-order valence-corrected chi connectivity index (χ4v) is 3.67. The van der Waals surface area contributed by atoms with Gasteiger partial charge in [-0.25, -0.2) is 0 Å². The van der Waals surface area contributed by atoms with E-state index < -0.39 is 6.10 Å². The van der Waals surface area contributed by atoms with Gasteiger partial charge in [0.1, 0.15) is 11.9 Å². The molecule has 21 heavy (non-hydrogen) atoms. The van der Waals surface area contributed by atoms with Gasteiger partial charge in [-0.15, -0.1) is 0 Å². The lowest BCUT2D eigenvalue weighted by Gasteiger charge is -2.43. The molecule has 3 nitrogen and oxygen atoms in total. The Kier molecular flexibility index (Phi) is 4.51. The van der Waals surface area contributed by atoms with Crippen molar-refractivity contribution in [1.82, 2.24) is 0 Å². The maximum Gasteiger partial charge on any atom is 0.120 e. The third-order valence-corrected chi connectivity index (χ3v) is 4.86. The Morgan fingerprint density at radius 2 is 2.10 bits per heavy atom. The summed E-state index contributed by atoms with van der Waals surface area (Å²) in [6, 6.07) is 7.82. The number of aliphatic hydroxyl groups excluding tert-OH is 1. The smallest absolute Gasteiger partial charge is 0.120 e. The Labute approximate surface area is 127 Å². The summed E-state index contributed by atoms with van der Waals surface area (Å²) in [6.45, 7) is 2.59. The zero-order chi connectivity index (χ0) is 14.7. The first-order valence-corrected chi connectivity index (χ1v) is 8.26. The van der Waals surface area contributed by atoms with Crippen LogP contribution in [0, 0.1) is 0 Å². The van der Waals surface area contributed by atoms with E-state index in [0.717, 1.165) is 30.8 Å². The van der Waals surface area contributed by atoms with Crippen molar-refractivity contribution in [2.24, 2.45) is 0 Å². The third kappa shape index (κ3) is 3.58. The normalized spacial score (nSPS) is 26.5. The van der Waals surface area contributed by atoms with Crippen molar-refractivity contribution in [1.29, 1.82) is 0 Å². The van der Waals surface area contributed by atoms with E-state index in [1.54, 1.807) is 6.92 Å². The first kappa shape index (κ1) is 14.9. The fourth-order valence-electron chi connectivity index (χ4n) is 3.67. The molecule has 1 saturated carbocycles. The molecule has 1 spiro atoms. The van der Waals surface area contributed by atoms with Crippen molar-refractivity contribution in [3.63, 3.8) is 0 Å². The van der Waals surface area contributed by atoms with Gasteiger partial charge in [0.2, 0.25) is 0 Å². The molecule has 0 radical (unpaired) electrons. The van der Waals surface area contributed by atoms with E-state index in [1.807, 2.05) is 24.3 Å². The summed E-state index contributed by atoms with van der Waals surface area (Å²) in [5.41, 5.74) is 0.982. The summed E-state index contributed by atoms with van der Waals surface area (Å²) in [7, 11) is 0. The van der Waals surface area contributed by atoms with Crippen LogP contribution in [0.2, 0.25) is 0 Å². The van der Waals surface area contributed by atoms with Crippen LogP contribution in [0.4, 0.5) is 0 Å². The molecule has 1 heterocycles. The largest absolute Gasteiger partial charge is 0.490 e. The topological polar surface area (TPSA) is 38.7 Å². The maximum atomic E-state index is 9.68. The zero-order valence-corrected chi connectivity index (χ0v) is 12.9. The number of hydrogen-bond acceptors (Lipinski definition) is 3. The fraction of sp³-hybridized carbons (Fsp3) is 0.667. The second kappa shape index (κ2) is 6.37.